The van der Waals surface area contributed by atoms with Gasteiger partial charge in [-0.25, -0.2) is 0 Å². The zero-order valence-electron chi connectivity index (χ0n) is 17.1. The Bertz CT molecular complexity index is 720. The quantitative estimate of drug-likeness (QED) is 0.711. The summed E-state index contributed by atoms with van der Waals surface area (Å²) in [6, 6.07) is 9.45. The molecule has 1 amide bonds. The highest BCUT2D eigenvalue weighted by Crippen LogP contribution is 2.61. The Balaban J connectivity index is 1.31. The topological polar surface area (TPSA) is 55.8 Å². The first kappa shape index (κ1) is 19.1. The van der Waals surface area contributed by atoms with E-state index in [2.05, 4.69) is 0 Å². The van der Waals surface area contributed by atoms with Crippen LogP contribution in [0.25, 0.3) is 0 Å². The van der Waals surface area contributed by atoms with E-state index in [0.717, 1.165) is 23.3 Å². The zero-order valence-corrected chi connectivity index (χ0v) is 17.1. The number of rotatable bonds is 5. The van der Waals surface area contributed by atoms with Crippen LogP contribution in [0.3, 0.4) is 0 Å². The van der Waals surface area contributed by atoms with Gasteiger partial charge in [0, 0.05) is 18.7 Å². The summed E-state index contributed by atoms with van der Waals surface area (Å²) in [5.74, 6) is 2.07. The predicted octanol–water partition coefficient (Wildman–Crippen LogP) is 3.74. The third-order valence-corrected chi connectivity index (χ3v) is 7.58. The zero-order chi connectivity index (χ0) is 19.8. The van der Waals surface area contributed by atoms with Gasteiger partial charge < -0.3 is 14.4 Å². The molecule has 1 aromatic rings. The number of hydrogen-bond donors (Lipinski definition) is 0. The van der Waals surface area contributed by atoms with Crippen molar-refractivity contribution in [3.8, 4) is 0 Å². The monoisotopic (exact) mass is 397 g/mol. The molecule has 4 bridgehead atoms. The standard InChI is InChI=1S/C24H31NO4/c26-21(16-24-13-17-10-18(14-24)12-19(11-17)15-24)29-22(20-4-2-1-3-5-20)23(27)25-6-8-28-9-7-25/h1-5,17-19,22H,6-16H2/t17?,18?,19?,22-,24?/m1/s1. The van der Waals surface area contributed by atoms with Gasteiger partial charge in [0.15, 0.2) is 0 Å². The molecule has 1 atom stereocenters. The van der Waals surface area contributed by atoms with Crippen molar-refractivity contribution < 1.29 is 19.1 Å². The van der Waals surface area contributed by atoms with E-state index in [0.29, 0.717) is 32.7 Å². The summed E-state index contributed by atoms with van der Waals surface area (Å²) < 4.78 is 11.3. The highest BCUT2D eigenvalue weighted by atomic mass is 16.5. The van der Waals surface area contributed by atoms with E-state index in [-0.39, 0.29) is 17.3 Å². The van der Waals surface area contributed by atoms with Crippen LogP contribution >= 0.6 is 0 Å². The molecule has 1 heterocycles. The second-order valence-corrected chi connectivity index (χ2v) is 9.81. The maximum Gasteiger partial charge on any atom is 0.307 e. The molecular weight excluding hydrogens is 366 g/mol. The maximum atomic E-state index is 13.2. The molecule has 0 radical (unpaired) electrons. The number of hydrogen-bond acceptors (Lipinski definition) is 4. The Morgan fingerprint density at radius 1 is 1.00 bits per heavy atom. The van der Waals surface area contributed by atoms with Crippen LogP contribution in [0.15, 0.2) is 30.3 Å². The Morgan fingerprint density at radius 2 is 1.59 bits per heavy atom. The average molecular weight is 398 g/mol. The van der Waals surface area contributed by atoms with Gasteiger partial charge >= 0.3 is 5.97 Å². The van der Waals surface area contributed by atoms with E-state index in [1.54, 1.807) is 4.90 Å². The van der Waals surface area contributed by atoms with Gasteiger partial charge in [-0.05, 0) is 61.7 Å². The average Bonchev–Trinajstić information content (AvgIpc) is 2.71. The summed E-state index contributed by atoms with van der Waals surface area (Å²) in [5, 5.41) is 0. The number of carbonyl (C=O) groups excluding carboxylic acids is 2. The lowest BCUT2D eigenvalue weighted by molar-refractivity contribution is -0.167. The first-order chi connectivity index (χ1) is 14.1. The van der Waals surface area contributed by atoms with E-state index < -0.39 is 6.10 Å². The van der Waals surface area contributed by atoms with Crippen molar-refractivity contribution in [3.63, 3.8) is 0 Å². The smallest absolute Gasteiger partial charge is 0.307 e. The molecule has 4 saturated carbocycles. The number of morpholine rings is 1. The Kier molecular flexibility index (Phi) is 5.10. The van der Waals surface area contributed by atoms with Crippen molar-refractivity contribution in [2.45, 2.75) is 51.0 Å². The molecule has 1 aromatic carbocycles. The fraction of sp³-hybridized carbons (Fsp3) is 0.667. The highest BCUT2D eigenvalue weighted by Gasteiger charge is 2.52. The molecule has 0 unspecified atom stereocenters. The Labute approximate surface area is 172 Å². The fourth-order valence-corrected chi connectivity index (χ4v) is 6.82. The van der Waals surface area contributed by atoms with Gasteiger partial charge in [0.25, 0.3) is 5.91 Å². The number of benzene rings is 1. The molecule has 4 aliphatic carbocycles. The Morgan fingerprint density at radius 3 is 2.17 bits per heavy atom. The minimum atomic E-state index is -0.851. The molecule has 1 aliphatic heterocycles. The summed E-state index contributed by atoms with van der Waals surface area (Å²) in [4.78, 5) is 28.0. The minimum absolute atomic E-state index is 0.120. The number of esters is 1. The van der Waals surface area contributed by atoms with Crippen molar-refractivity contribution in [2.75, 3.05) is 26.3 Å². The number of nitrogens with zero attached hydrogens (tertiary/aromatic N) is 1. The van der Waals surface area contributed by atoms with E-state index in [4.69, 9.17) is 9.47 Å². The lowest BCUT2D eigenvalue weighted by atomic mass is 9.49. The molecule has 0 spiro atoms. The minimum Gasteiger partial charge on any atom is -0.447 e. The van der Waals surface area contributed by atoms with Crippen molar-refractivity contribution in [3.05, 3.63) is 35.9 Å². The summed E-state index contributed by atoms with van der Waals surface area (Å²) in [6.07, 6.45) is 7.19. The fourth-order valence-electron chi connectivity index (χ4n) is 6.82. The number of ether oxygens (including phenoxy) is 2. The summed E-state index contributed by atoms with van der Waals surface area (Å²) in [6.45, 7) is 2.17. The molecule has 156 valence electrons. The predicted molar refractivity (Wildman–Crippen MR) is 108 cm³/mol. The normalized spacial score (nSPS) is 34.1. The lowest BCUT2D eigenvalue weighted by Gasteiger charge is -2.56. The molecular formula is C24H31NO4. The summed E-state index contributed by atoms with van der Waals surface area (Å²) in [5.41, 5.74) is 0.873. The highest BCUT2D eigenvalue weighted by molar-refractivity contribution is 5.85. The van der Waals surface area contributed by atoms with Gasteiger partial charge in [0.05, 0.1) is 19.6 Å². The molecule has 5 heteroatoms. The van der Waals surface area contributed by atoms with Crippen molar-refractivity contribution in [2.24, 2.45) is 23.2 Å². The van der Waals surface area contributed by atoms with Crippen LogP contribution in [0.1, 0.15) is 56.6 Å². The molecule has 1 saturated heterocycles. The van der Waals surface area contributed by atoms with Gasteiger partial charge in [-0.1, -0.05) is 30.3 Å². The third-order valence-electron chi connectivity index (χ3n) is 7.58. The Hall–Kier alpha value is -1.88. The lowest BCUT2D eigenvalue weighted by Crippen LogP contribution is -2.47. The van der Waals surface area contributed by atoms with Crippen LogP contribution in [0, 0.1) is 23.2 Å². The van der Waals surface area contributed by atoms with E-state index in [1.165, 1.54) is 38.5 Å². The molecule has 5 fully saturated rings. The van der Waals surface area contributed by atoms with Crippen LogP contribution in [0.5, 0.6) is 0 Å². The van der Waals surface area contributed by atoms with Gasteiger partial charge in [-0.2, -0.15) is 0 Å². The molecule has 5 nitrogen and oxygen atoms in total. The molecule has 0 aromatic heterocycles. The van der Waals surface area contributed by atoms with E-state index in [9.17, 15) is 9.59 Å². The third kappa shape index (κ3) is 3.94. The maximum absolute atomic E-state index is 13.2. The molecule has 5 aliphatic rings. The largest absolute Gasteiger partial charge is 0.447 e. The molecule has 0 N–H and O–H groups in total. The number of carbonyl (C=O) groups is 2. The van der Waals surface area contributed by atoms with Crippen LogP contribution in [-0.4, -0.2) is 43.1 Å². The van der Waals surface area contributed by atoms with Crippen molar-refractivity contribution in [1.82, 2.24) is 4.90 Å². The van der Waals surface area contributed by atoms with Gasteiger partial charge in [0.1, 0.15) is 0 Å². The first-order valence-electron chi connectivity index (χ1n) is 11.2. The van der Waals surface area contributed by atoms with E-state index in [1.807, 2.05) is 30.3 Å². The van der Waals surface area contributed by atoms with Gasteiger partial charge in [0.2, 0.25) is 6.10 Å². The van der Waals surface area contributed by atoms with Crippen molar-refractivity contribution >= 4 is 11.9 Å². The molecule has 29 heavy (non-hydrogen) atoms. The van der Waals surface area contributed by atoms with Crippen molar-refractivity contribution in [1.29, 1.82) is 0 Å². The SMILES string of the molecule is O=C(CC12CC3CC(CC(C3)C1)C2)O[C@@H](C(=O)N1CCOCC1)c1ccccc1. The summed E-state index contributed by atoms with van der Waals surface area (Å²) in [7, 11) is 0. The van der Waals surface area contributed by atoms with Gasteiger partial charge in [-0.3, -0.25) is 9.59 Å². The van der Waals surface area contributed by atoms with E-state index >= 15 is 0 Å². The summed E-state index contributed by atoms with van der Waals surface area (Å²) >= 11 is 0. The first-order valence-corrected chi connectivity index (χ1v) is 11.2. The number of amides is 1. The second-order valence-electron chi connectivity index (χ2n) is 9.81. The molecule has 6 rings (SSSR count). The second kappa shape index (κ2) is 7.75. The van der Waals surface area contributed by atoms with Crippen LogP contribution in [0.2, 0.25) is 0 Å². The van der Waals surface area contributed by atoms with Gasteiger partial charge in [-0.15, -0.1) is 0 Å². The van der Waals surface area contributed by atoms with Crippen LogP contribution in [0.4, 0.5) is 0 Å². The van der Waals surface area contributed by atoms with Crippen LogP contribution in [-0.2, 0) is 19.1 Å². The van der Waals surface area contributed by atoms with Crippen LogP contribution < -0.4 is 0 Å².